The lowest BCUT2D eigenvalue weighted by Crippen LogP contribution is -2.58. The van der Waals surface area contributed by atoms with Crippen molar-refractivity contribution < 1.29 is 9.53 Å². The van der Waals surface area contributed by atoms with E-state index in [4.69, 9.17) is 4.74 Å². The van der Waals surface area contributed by atoms with Crippen molar-refractivity contribution >= 4 is 16.7 Å². The molecule has 142 valence electrons. The molecule has 2 aliphatic carbocycles. The number of carbonyl (C=O) groups is 1. The van der Waals surface area contributed by atoms with Crippen LogP contribution in [0.2, 0.25) is 0 Å². The first kappa shape index (κ1) is 17.2. The van der Waals surface area contributed by atoms with Crippen LogP contribution in [0.3, 0.4) is 0 Å². The fraction of sp³-hybridized carbons (Fsp3) is 0.542. The molecule has 0 aromatic heterocycles. The molecule has 1 heterocycles. The molecule has 27 heavy (non-hydrogen) atoms. The second-order valence-corrected chi connectivity index (χ2v) is 9.58. The zero-order valence-electron chi connectivity index (χ0n) is 16.5. The van der Waals surface area contributed by atoms with Crippen LogP contribution in [0, 0.1) is 22.7 Å². The summed E-state index contributed by atoms with van der Waals surface area (Å²) in [4.78, 5) is 12.0. The highest BCUT2D eigenvalue weighted by atomic mass is 16.5. The SMILES string of the molecule is CC(=O)N[C@H]1C(C)(C)[C@@H]2C[C@@H]3[C@@H](c4ccc5ccccc5c4)OCCC31C2. The number of rotatable bonds is 2. The molecule has 2 aromatic rings. The molecule has 1 spiro atoms. The number of fused-ring (bicyclic) bond motifs is 2. The number of nitrogens with one attached hydrogen (secondary N) is 1. The van der Waals surface area contributed by atoms with Gasteiger partial charge in [0, 0.05) is 19.6 Å². The number of hydrogen-bond acceptors (Lipinski definition) is 2. The maximum Gasteiger partial charge on any atom is 0.217 e. The van der Waals surface area contributed by atoms with Crippen molar-refractivity contribution in [2.75, 3.05) is 6.61 Å². The fourth-order valence-corrected chi connectivity index (χ4v) is 6.71. The minimum atomic E-state index is 0.0995. The van der Waals surface area contributed by atoms with Crippen LogP contribution in [-0.2, 0) is 9.53 Å². The standard InChI is InChI=1S/C24H29NO2/c1-15(26)25-22-23(2,3)19-13-20-21(27-11-10-24(20,22)14-19)18-9-8-16-6-4-5-7-17(16)12-18/h4-9,12,19-22H,10-11,13-14H2,1-3H3,(H,25,26)/t19-,20-,21-,22+,24?/m1/s1. The number of hydrogen-bond donors (Lipinski definition) is 1. The van der Waals surface area contributed by atoms with E-state index in [1.807, 2.05) is 0 Å². The van der Waals surface area contributed by atoms with Crippen LogP contribution in [0.15, 0.2) is 42.5 Å². The first-order valence-electron chi connectivity index (χ1n) is 10.3. The van der Waals surface area contributed by atoms with Gasteiger partial charge < -0.3 is 10.1 Å². The summed E-state index contributed by atoms with van der Waals surface area (Å²) in [7, 11) is 0. The second-order valence-electron chi connectivity index (χ2n) is 9.58. The van der Waals surface area contributed by atoms with Crippen LogP contribution >= 0.6 is 0 Å². The van der Waals surface area contributed by atoms with Crippen molar-refractivity contribution in [3.05, 3.63) is 48.0 Å². The van der Waals surface area contributed by atoms with Crippen molar-refractivity contribution in [3.63, 3.8) is 0 Å². The molecule has 1 amide bonds. The van der Waals surface area contributed by atoms with E-state index >= 15 is 0 Å². The maximum absolute atomic E-state index is 12.0. The lowest BCUT2D eigenvalue weighted by Gasteiger charge is -2.53. The van der Waals surface area contributed by atoms with Crippen LogP contribution in [0.5, 0.6) is 0 Å². The molecular weight excluding hydrogens is 334 g/mol. The minimum absolute atomic E-state index is 0.0995. The van der Waals surface area contributed by atoms with Gasteiger partial charge in [0.2, 0.25) is 5.91 Å². The molecular formula is C24H29NO2. The van der Waals surface area contributed by atoms with Crippen LogP contribution in [-0.4, -0.2) is 18.6 Å². The van der Waals surface area contributed by atoms with Gasteiger partial charge in [0.1, 0.15) is 0 Å². The molecule has 2 aromatic carbocycles. The Morgan fingerprint density at radius 1 is 1.15 bits per heavy atom. The van der Waals surface area contributed by atoms with Crippen molar-refractivity contribution in [2.24, 2.45) is 22.7 Å². The molecule has 2 bridgehead atoms. The third kappa shape index (κ3) is 2.40. The topological polar surface area (TPSA) is 38.3 Å². The van der Waals surface area contributed by atoms with E-state index in [-0.39, 0.29) is 28.9 Å². The van der Waals surface area contributed by atoms with Crippen LogP contribution in [0.1, 0.15) is 51.7 Å². The molecule has 1 aliphatic heterocycles. The Morgan fingerprint density at radius 3 is 2.70 bits per heavy atom. The number of carbonyl (C=O) groups excluding carboxylic acids is 1. The molecule has 0 radical (unpaired) electrons. The quantitative estimate of drug-likeness (QED) is 0.828. The molecule has 5 rings (SSSR count). The summed E-state index contributed by atoms with van der Waals surface area (Å²) in [5, 5.41) is 5.91. The Labute approximate surface area is 161 Å². The summed E-state index contributed by atoms with van der Waals surface area (Å²) in [6.07, 6.45) is 3.64. The molecule has 3 aliphatic rings. The molecule has 5 atom stereocenters. The molecule has 1 saturated heterocycles. The molecule has 2 saturated carbocycles. The highest BCUT2D eigenvalue weighted by Crippen LogP contribution is 2.70. The van der Waals surface area contributed by atoms with Crippen molar-refractivity contribution in [3.8, 4) is 0 Å². The zero-order chi connectivity index (χ0) is 18.8. The summed E-state index contributed by atoms with van der Waals surface area (Å²) >= 11 is 0. The highest BCUT2D eigenvalue weighted by Gasteiger charge is 2.68. The highest BCUT2D eigenvalue weighted by molar-refractivity contribution is 5.83. The predicted octanol–water partition coefficient (Wildman–Crippen LogP) is 4.86. The summed E-state index contributed by atoms with van der Waals surface area (Å²) in [6.45, 7) is 7.15. The van der Waals surface area contributed by atoms with E-state index in [0.717, 1.165) is 13.0 Å². The summed E-state index contributed by atoms with van der Waals surface area (Å²) in [5.41, 5.74) is 1.63. The molecule has 3 heteroatoms. The first-order valence-corrected chi connectivity index (χ1v) is 10.3. The second kappa shape index (κ2) is 5.81. The third-order valence-electron chi connectivity index (χ3n) is 7.95. The van der Waals surface area contributed by atoms with Gasteiger partial charge in [-0.25, -0.2) is 0 Å². The van der Waals surface area contributed by atoms with Gasteiger partial charge in [-0.1, -0.05) is 50.2 Å². The van der Waals surface area contributed by atoms with Gasteiger partial charge in [0.15, 0.2) is 0 Å². The lowest BCUT2D eigenvalue weighted by molar-refractivity contribution is -0.135. The van der Waals surface area contributed by atoms with E-state index in [9.17, 15) is 4.79 Å². The average Bonchev–Trinajstić information content (AvgIpc) is 3.14. The van der Waals surface area contributed by atoms with Crippen LogP contribution in [0.25, 0.3) is 10.8 Å². The summed E-state index contributed by atoms with van der Waals surface area (Å²) in [6, 6.07) is 15.6. The van der Waals surface area contributed by atoms with Crippen LogP contribution < -0.4 is 5.32 Å². The maximum atomic E-state index is 12.0. The molecule has 3 fully saturated rings. The number of ether oxygens (including phenoxy) is 1. The van der Waals surface area contributed by atoms with Crippen molar-refractivity contribution in [1.82, 2.24) is 5.32 Å². The predicted molar refractivity (Wildman–Crippen MR) is 107 cm³/mol. The van der Waals surface area contributed by atoms with Crippen molar-refractivity contribution in [2.45, 2.75) is 52.2 Å². The number of benzene rings is 2. The van der Waals surface area contributed by atoms with E-state index < -0.39 is 0 Å². The van der Waals surface area contributed by atoms with E-state index in [1.165, 1.54) is 29.2 Å². The smallest absolute Gasteiger partial charge is 0.217 e. The number of amides is 1. The molecule has 3 nitrogen and oxygen atoms in total. The van der Waals surface area contributed by atoms with E-state index in [1.54, 1.807) is 6.92 Å². The first-order chi connectivity index (χ1) is 12.9. The lowest BCUT2D eigenvalue weighted by atomic mass is 9.59. The van der Waals surface area contributed by atoms with Gasteiger partial charge >= 0.3 is 0 Å². The van der Waals surface area contributed by atoms with Gasteiger partial charge in [-0.2, -0.15) is 0 Å². The molecule has 1 unspecified atom stereocenters. The van der Waals surface area contributed by atoms with Crippen LogP contribution in [0.4, 0.5) is 0 Å². The Morgan fingerprint density at radius 2 is 1.93 bits per heavy atom. The van der Waals surface area contributed by atoms with Gasteiger partial charge in [-0.15, -0.1) is 0 Å². The average molecular weight is 364 g/mol. The zero-order valence-corrected chi connectivity index (χ0v) is 16.5. The van der Waals surface area contributed by atoms with Gasteiger partial charge in [0.05, 0.1) is 6.10 Å². The Balaban J connectivity index is 1.54. The van der Waals surface area contributed by atoms with E-state index in [2.05, 4.69) is 61.6 Å². The van der Waals surface area contributed by atoms with Gasteiger partial charge in [-0.05, 0) is 64.3 Å². The van der Waals surface area contributed by atoms with Gasteiger partial charge in [-0.3, -0.25) is 4.79 Å². The summed E-state index contributed by atoms with van der Waals surface area (Å²) in [5.74, 6) is 1.24. The third-order valence-corrected chi connectivity index (χ3v) is 7.95. The monoisotopic (exact) mass is 363 g/mol. The normalized spacial score (nSPS) is 36.6. The fourth-order valence-electron chi connectivity index (χ4n) is 6.71. The Kier molecular flexibility index (Phi) is 3.71. The van der Waals surface area contributed by atoms with E-state index in [0.29, 0.717) is 11.8 Å². The Hall–Kier alpha value is -1.87. The van der Waals surface area contributed by atoms with Crippen molar-refractivity contribution in [1.29, 1.82) is 0 Å². The van der Waals surface area contributed by atoms with Gasteiger partial charge in [0.25, 0.3) is 0 Å². The Bertz CT molecular complexity index is 904. The minimum Gasteiger partial charge on any atom is -0.373 e. The molecule has 1 N–H and O–H groups in total. The largest absolute Gasteiger partial charge is 0.373 e. The summed E-state index contributed by atoms with van der Waals surface area (Å²) < 4.78 is 6.38.